The molecule has 0 spiro atoms. The van der Waals surface area contributed by atoms with Gasteiger partial charge in [-0.25, -0.2) is 0 Å². The molecule has 3 nitrogen and oxygen atoms in total. The molecule has 0 radical (unpaired) electrons. The SMILES string of the molecule is CCOC(=O)CC(=O)c1cccc(CCc2ccccc2)c1. The Labute approximate surface area is 130 Å². The van der Waals surface area contributed by atoms with Crippen molar-refractivity contribution in [2.24, 2.45) is 0 Å². The van der Waals surface area contributed by atoms with Gasteiger partial charge in [0.2, 0.25) is 0 Å². The summed E-state index contributed by atoms with van der Waals surface area (Å²) in [6.45, 7) is 2.02. The lowest BCUT2D eigenvalue weighted by Gasteiger charge is -2.05. The van der Waals surface area contributed by atoms with Gasteiger partial charge in [-0.05, 0) is 37.0 Å². The minimum atomic E-state index is -0.470. The molecule has 2 aromatic rings. The number of benzene rings is 2. The zero-order valence-electron chi connectivity index (χ0n) is 12.7. The van der Waals surface area contributed by atoms with Crippen LogP contribution in [0.4, 0.5) is 0 Å². The topological polar surface area (TPSA) is 43.4 Å². The smallest absolute Gasteiger partial charge is 0.313 e. The summed E-state index contributed by atoms with van der Waals surface area (Å²) in [6.07, 6.45) is 1.59. The molecule has 0 saturated carbocycles. The molecule has 0 aromatic heterocycles. The average molecular weight is 296 g/mol. The van der Waals surface area contributed by atoms with Crippen molar-refractivity contribution in [3.8, 4) is 0 Å². The van der Waals surface area contributed by atoms with Crippen molar-refractivity contribution in [1.29, 1.82) is 0 Å². The van der Waals surface area contributed by atoms with E-state index in [1.54, 1.807) is 13.0 Å². The first kappa shape index (κ1) is 16.0. The van der Waals surface area contributed by atoms with Crippen LogP contribution in [-0.2, 0) is 22.4 Å². The van der Waals surface area contributed by atoms with Gasteiger partial charge in [0, 0.05) is 5.56 Å². The van der Waals surface area contributed by atoms with E-state index in [2.05, 4.69) is 12.1 Å². The first-order valence-corrected chi connectivity index (χ1v) is 7.50. The number of rotatable bonds is 7. The highest BCUT2D eigenvalue weighted by Crippen LogP contribution is 2.12. The van der Waals surface area contributed by atoms with E-state index in [1.807, 2.05) is 36.4 Å². The number of hydrogen-bond donors (Lipinski definition) is 0. The monoisotopic (exact) mass is 296 g/mol. The van der Waals surface area contributed by atoms with E-state index in [0.29, 0.717) is 12.2 Å². The standard InChI is InChI=1S/C19H20O3/c1-2-22-19(21)14-18(20)17-10-6-9-16(13-17)12-11-15-7-4-3-5-8-15/h3-10,13H,2,11-12,14H2,1H3. The second kappa shape index (κ2) is 8.13. The van der Waals surface area contributed by atoms with Crippen LogP contribution in [0.15, 0.2) is 54.6 Å². The number of hydrogen-bond acceptors (Lipinski definition) is 3. The Hall–Kier alpha value is -2.42. The molecular formula is C19H20O3. The second-order valence-corrected chi connectivity index (χ2v) is 5.09. The minimum Gasteiger partial charge on any atom is -0.466 e. The van der Waals surface area contributed by atoms with Gasteiger partial charge in [0.1, 0.15) is 6.42 Å². The molecule has 0 aliphatic rings. The quantitative estimate of drug-likeness (QED) is 0.445. The number of ketones is 1. The van der Waals surface area contributed by atoms with E-state index in [4.69, 9.17) is 4.74 Å². The highest BCUT2D eigenvalue weighted by atomic mass is 16.5. The van der Waals surface area contributed by atoms with E-state index >= 15 is 0 Å². The number of ether oxygens (including phenoxy) is 1. The fraction of sp³-hybridized carbons (Fsp3) is 0.263. The molecule has 0 bridgehead atoms. The van der Waals surface area contributed by atoms with Crippen LogP contribution in [0.5, 0.6) is 0 Å². The fourth-order valence-electron chi connectivity index (χ4n) is 2.28. The summed E-state index contributed by atoms with van der Waals surface area (Å²) in [5.41, 5.74) is 2.93. The highest BCUT2D eigenvalue weighted by Gasteiger charge is 2.12. The molecule has 0 aliphatic heterocycles. The number of carbonyl (C=O) groups excluding carboxylic acids is 2. The predicted octanol–water partition coefficient (Wildman–Crippen LogP) is 3.61. The molecule has 0 atom stereocenters. The fourth-order valence-corrected chi connectivity index (χ4v) is 2.28. The predicted molar refractivity (Wildman–Crippen MR) is 85.9 cm³/mol. The molecule has 0 saturated heterocycles. The molecule has 3 heteroatoms. The summed E-state index contributed by atoms with van der Waals surface area (Å²) < 4.78 is 4.81. The Morgan fingerprint density at radius 1 is 0.909 bits per heavy atom. The van der Waals surface area contributed by atoms with Gasteiger partial charge in [0.15, 0.2) is 5.78 Å². The van der Waals surface area contributed by atoms with Crippen molar-refractivity contribution in [2.45, 2.75) is 26.2 Å². The van der Waals surface area contributed by atoms with Gasteiger partial charge in [-0.15, -0.1) is 0 Å². The van der Waals surface area contributed by atoms with Gasteiger partial charge in [-0.2, -0.15) is 0 Å². The molecule has 114 valence electrons. The Balaban J connectivity index is 1.97. The van der Waals surface area contributed by atoms with Crippen molar-refractivity contribution in [3.05, 3.63) is 71.3 Å². The van der Waals surface area contributed by atoms with E-state index in [9.17, 15) is 9.59 Å². The molecular weight excluding hydrogens is 276 g/mol. The van der Waals surface area contributed by atoms with Crippen molar-refractivity contribution in [2.75, 3.05) is 6.61 Å². The van der Waals surface area contributed by atoms with Crippen LogP contribution in [0.1, 0.15) is 34.8 Å². The van der Waals surface area contributed by atoms with E-state index in [1.165, 1.54) is 5.56 Å². The van der Waals surface area contributed by atoms with Gasteiger partial charge < -0.3 is 4.74 Å². The van der Waals surface area contributed by atoms with Crippen molar-refractivity contribution >= 4 is 11.8 Å². The average Bonchev–Trinajstić information content (AvgIpc) is 2.54. The van der Waals surface area contributed by atoms with Crippen LogP contribution in [0, 0.1) is 0 Å². The lowest BCUT2D eigenvalue weighted by Crippen LogP contribution is -2.11. The van der Waals surface area contributed by atoms with Gasteiger partial charge >= 0.3 is 5.97 Å². The number of aryl methyl sites for hydroxylation is 2. The Kier molecular flexibility index (Phi) is 5.90. The maximum absolute atomic E-state index is 12.1. The molecule has 0 aliphatic carbocycles. The number of carbonyl (C=O) groups is 2. The van der Waals surface area contributed by atoms with Gasteiger partial charge in [0.25, 0.3) is 0 Å². The first-order chi connectivity index (χ1) is 10.7. The third-order valence-electron chi connectivity index (χ3n) is 3.40. The summed E-state index contributed by atoms with van der Waals surface area (Å²) in [7, 11) is 0. The molecule has 0 fully saturated rings. The summed E-state index contributed by atoms with van der Waals surface area (Å²) in [5, 5.41) is 0. The Morgan fingerprint density at radius 2 is 1.59 bits per heavy atom. The summed E-state index contributed by atoms with van der Waals surface area (Å²) >= 11 is 0. The molecule has 0 unspecified atom stereocenters. The summed E-state index contributed by atoms with van der Waals surface area (Å²) in [6, 6.07) is 17.7. The largest absolute Gasteiger partial charge is 0.466 e. The van der Waals surface area contributed by atoms with E-state index in [0.717, 1.165) is 18.4 Å². The van der Waals surface area contributed by atoms with E-state index < -0.39 is 5.97 Å². The van der Waals surface area contributed by atoms with Crippen LogP contribution in [0.25, 0.3) is 0 Å². The van der Waals surface area contributed by atoms with Gasteiger partial charge in [-0.1, -0.05) is 48.5 Å². The summed E-state index contributed by atoms with van der Waals surface area (Å²) in [4.78, 5) is 23.4. The van der Waals surface area contributed by atoms with Crippen LogP contribution in [0.2, 0.25) is 0 Å². The lowest BCUT2D eigenvalue weighted by atomic mass is 10.0. The lowest BCUT2D eigenvalue weighted by molar-refractivity contribution is -0.141. The molecule has 2 aromatic carbocycles. The van der Waals surface area contributed by atoms with Crippen LogP contribution in [-0.4, -0.2) is 18.4 Å². The van der Waals surface area contributed by atoms with Crippen molar-refractivity contribution in [1.82, 2.24) is 0 Å². The number of Topliss-reactive ketones (excluding diaryl/α,β-unsaturated/α-hetero) is 1. The molecule has 0 N–H and O–H groups in total. The third-order valence-corrected chi connectivity index (χ3v) is 3.40. The first-order valence-electron chi connectivity index (χ1n) is 7.50. The molecule has 22 heavy (non-hydrogen) atoms. The number of esters is 1. The van der Waals surface area contributed by atoms with Crippen LogP contribution >= 0.6 is 0 Å². The highest BCUT2D eigenvalue weighted by molar-refractivity contribution is 6.06. The zero-order chi connectivity index (χ0) is 15.8. The van der Waals surface area contributed by atoms with Gasteiger partial charge in [0.05, 0.1) is 6.61 Å². The van der Waals surface area contributed by atoms with Crippen molar-refractivity contribution in [3.63, 3.8) is 0 Å². The molecule has 0 heterocycles. The Bertz CT molecular complexity index is 632. The molecule has 2 rings (SSSR count). The minimum absolute atomic E-state index is 0.194. The van der Waals surface area contributed by atoms with E-state index in [-0.39, 0.29) is 12.2 Å². The normalized spacial score (nSPS) is 10.2. The third kappa shape index (κ3) is 4.85. The second-order valence-electron chi connectivity index (χ2n) is 5.09. The molecule has 0 amide bonds. The van der Waals surface area contributed by atoms with Crippen molar-refractivity contribution < 1.29 is 14.3 Å². The Morgan fingerprint density at radius 3 is 2.32 bits per heavy atom. The van der Waals surface area contributed by atoms with Crippen LogP contribution < -0.4 is 0 Å². The summed E-state index contributed by atoms with van der Waals surface area (Å²) in [5.74, 6) is -0.665. The maximum Gasteiger partial charge on any atom is 0.313 e. The van der Waals surface area contributed by atoms with Gasteiger partial charge in [-0.3, -0.25) is 9.59 Å². The zero-order valence-corrected chi connectivity index (χ0v) is 12.7. The van der Waals surface area contributed by atoms with Crippen LogP contribution in [0.3, 0.4) is 0 Å². The maximum atomic E-state index is 12.1.